The van der Waals surface area contributed by atoms with Crippen LogP contribution in [-0.2, 0) is 40.7 Å². The number of quaternary nitrogens is 4. The van der Waals surface area contributed by atoms with Gasteiger partial charge in [0.1, 0.15) is 58.9 Å². The maximum atomic E-state index is 15.6. The van der Waals surface area contributed by atoms with Crippen molar-refractivity contribution < 1.29 is 58.0 Å². The van der Waals surface area contributed by atoms with Gasteiger partial charge in [0, 0.05) is 94.9 Å². The van der Waals surface area contributed by atoms with Crippen LogP contribution in [-0.4, -0.2) is 251 Å². The molecular weight excluding hydrogens is 1870 g/mol. The fourth-order valence-electron chi connectivity index (χ4n) is 16.6. The molecule has 0 aliphatic carbocycles. The minimum Gasteiger partial charge on any atom is -0.331 e. The van der Waals surface area contributed by atoms with Gasteiger partial charge in [0.05, 0.1) is 101 Å². The Morgan fingerprint density at radius 2 is 1.12 bits per heavy atom. The summed E-state index contributed by atoms with van der Waals surface area (Å²) in [6, 6.07) is 4.20. The standard InChI is InChI=1S/C65H93I6N10O8S2/c1-4-5-15-49(63(83)75-27-35-81(36-28-75)43-39-79(40-44-81)31-22-73-23-32-79)65(3)55(77(48-91(87,88)89)53-47-51(67)60(69)62(71)58(53)65)17-11-8-6-7-10-16-54-64(2,57-52(46-50(66)59(68)61(57)70)76(54)24-14-45-90(84,85)86)19-13-9-12-18-56(82)74-25-33-80(34-26-74)41-37-78(38-42-80)29-20-72-21-30-78/h6-8,10-11,16-17,46-47,49,72-73H,4-5,9,12-15,18-45,48H2,1-3H3/q+3/p+2. The molecule has 10 rings (SSSR count). The molecule has 8 aliphatic rings. The molecular formula is C65H95I6N10O8S2+5. The van der Waals surface area contributed by atoms with E-state index in [2.05, 4.69) is 193 Å². The lowest BCUT2D eigenvalue weighted by atomic mass is 9.68. The highest BCUT2D eigenvalue weighted by Gasteiger charge is 2.56. The molecule has 8 aliphatic heterocycles. The Hall–Kier alpha value is -0.230. The number of amides is 2. The summed E-state index contributed by atoms with van der Waals surface area (Å²) in [6.07, 6.45) is 20.3. The zero-order valence-electron chi connectivity index (χ0n) is 53.2. The van der Waals surface area contributed by atoms with E-state index >= 15 is 4.79 Å². The first kappa shape index (κ1) is 73.5. The van der Waals surface area contributed by atoms with Crippen molar-refractivity contribution in [3.63, 3.8) is 0 Å². The third-order valence-electron chi connectivity index (χ3n) is 22.3. The number of piperazine rings is 6. The summed E-state index contributed by atoms with van der Waals surface area (Å²) in [7, 11) is -8.75. The van der Waals surface area contributed by atoms with Crippen molar-refractivity contribution in [2.75, 3.05) is 180 Å². The molecule has 4 N–H and O–H groups in total. The SMILES string of the molecule is CCCCC(C(=O)N1CC[N+]2(CC1)CC[N+]1(CCNCC1)CC2)C1(C)/C(=C/C=C/C=C/C=C/C2=[N+](CCCS(=O)(=O)O)c3cc(I)c(I)c(I)c3C2(C)CCCCCC(=O)N2CC[N+]3(CC2)CC[N+]2(CCNCC2)CC3)N(CS(=O)(=O)O)c2cc(I)c(I)c(I)c21. The summed E-state index contributed by atoms with van der Waals surface area (Å²) < 4.78 is 84.5. The minimum atomic E-state index is -4.55. The van der Waals surface area contributed by atoms with Crippen LogP contribution in [0.3, 0.4) is 0 Å². The molecule has 4 spiro atoms. The number of rotatable bonds is 21. The van der Waals surface area contributed by atoms with E-state index in [4.69, 9.17) is 0 Å². The zero-order valence-corrected chi connectivity index (χ0v) is 67.8. The second-order valence-corrected chi connectivity index (χ2v) is 37.3. The molecule has 3 atom stereocenters. The summed E-state index contributed by atoms with van der Waals surface area (Å²) in [5, 5.41) is 7.08. The summed E-state index contributed by atoms with van der Waals surface area (Å²) >= 11 is 14.3. The smallest absolute Gasteiger partial charge is 0.283 e. The van der Waals surface area contributed by atoms with E-state index in [1.165, 1.54) is 80.0 Å². The molecule has 18 nitrogen and oxygen atoms in total. The Bertz CT molecular complexity index is 3430. The van der Waals surface area contributed by atoms with E-state index in [1.54, 1.807) is 4.90 Å². The second-order valence-electron chi connectivity index (χ2n) is 27.7. The average molecular weight is 1970 g/mol. The van der Waals surface area contributed by atoms with Gasteiger partial charge in [0.15, 0.2) is 11.6 Å². The lowest BCUT2D eigenvalue weighted by Gasteiger charge is -2.53. The quantitative estimate of drug-likeness (QED) is 0.0178. The van der Waals surface area contributed by atoms with Crippen molar-refractivity contribution in [3.05, 3.63) is 92.9 Å². The topological polar surface area (TPSA) is 180 Å². The lowest BCUT2D eigenvalue weighted by Crippen LogP contribution is -2.73. The fourth-order valence-corrected chi connectivity index (χ4v) is 23.0. The summed E-state index contributed by atoms with van der Waals surface area (Å²) in [4.78, 5) is 35.3. The number of fused-ring (bicyclic) bond motifs is 2. The van der Waals surface area contributed by atoms with Gasteiger partial charge in [-0.25, -0.2) is 0 Å². The van der Waals surface area contributed by atoms with Crippen LogP contribution in [0.4, 0.5) is 11.4 Å². The molecule has 2 amide bonds. The summed E-state index contributed by atoms with van der Waals surface area (Å²) in [6.45, 7) is 32.8. The molecule has 0 bridgehead atoms. The minimum absolute atomic E-state index is 0.101. The molecule has 2 aromatic rings. The van der Waals surface area contributed by atoms with Gasteiger partial charge in [-0.15, -0.1) is 0 Å². The highest BCUT2D eigenvalue weighted by Crippen LogP contribution is 2.57. The number of halogens is 6. The molecule has 91 heavy (non-hydrogen) atoms. The monoisotopic (exact) mass is 1970 g/mol. The number of carbonyl (C=O) groups is 2. The number of nitrogens with one attached hydrogen (secondary N) is 2. The van der Waals surface area contributed by atoms with E-state index in [9.17, 15) is 30.7 Å². The number of carbonyl (C=O) groups excluding carboxylic acids is 2. The molecule has 3 unspecified atom stereocenters. The zero-order chi connectivity index (χ0) is 65.2. The molecule has 0 aromatic heterocycles. The first-order chi connectivity index (χ1) is 43.2. The van der Waals surface area contributed by atoms with Crippen LogP contribution >= 0.6 is 136 Å². The van der Waals surface area contributed by atoms with Crippen LogP contribution < -0.4 is 15.5 Å². The molecule has 2 aromatic carbocycles. The first-order valence-electron chi connectivity index (χ1n) is 33.0. The van der Waals surface area contributed by atoms with Gasteiger partial charge < -0.3 is 43.3 Å². The average Bonchev–Trinajstić information content (AvgIpc) is 1.57. The predicted molar refractivity (Wildman–Crippen MR) is 413 cm³/mol. The van der Waals surface area contributed by atoms with Crippen LogP contribution in [0.2, 0.25) is 0 Å². The Morgan fingerprint density at radius 1 is 0.615 bits per heavy atom. The van der Waals surface area contributed by atoms with Gasteiger partial charge in [-0.05, 0) is 181 Å². The number of hydrogen-bond donors (Lipinski definition) is 4. The fraction of sp³-hybridized carbons (Fsp3) is 0.646. The second kappa shape index (κ2) is 30.7. The third kappa shape index (κ3) is 16.5. The largest absolute Gasteiger partial charge is 0.331 e. The Balaban J connectivity index is 0.881. The lowest BCUT2D eigenvalue weighted by molar-refractivity contribution is -1.03. The van der Waals surface area contributed by atoms with Crippen molar-refractivity contribution in [2.45, 2.75) is 89.4 Å². The van der Waals surface area contributed by atoms with Crippen molar-refractivity contribution in [1.29, 1.82) is 0 Å². The van der Waals surface area contributed by atoms with Crippen molar-refractivity contribution in [3.8, 4) is 0 Å². The van der Waals surface area contributed by atoms with E-state index in [0.29, 0.717) is 43.9 Å². The first-order valence-corrected chi connectivity index (χ1v) is 42.7. The maximum absolute atomic E-state index is 15.6. The van der Waals surface area contributed by atoms with Crippen molar-refractivity contribution in [2.24, 2.45) is 5.92 Å². The van der Waals surface area contributed by atoms with E-state index < -0.39 is 42.9 Å². The normalized spacial score (nSPS) is 25.6. The molecule has 26 heteroatoms. The Morgan fingerprint density at radius 3 is 1.66 bits per heavy atom. The van der Waals surface area contributed by atoms with Crippen molar-refractivity contribution >= 4 is 185 Å². The van der Waals surface area contributed by atoms with Gasteiger partial charge in [-0.1, -0.05) is 63.0 Å². The van der Waals surface area contributed by atoms with Crippen LogP contribution in [0.15, 0.2) is 60.4 Å². The predicted octanol–water partition coefficient (Wildman–Crippen LogP) is 9.07. The number of hydrogen-bond acceptors (Lipinski definition) is 9. The van der Waals surface area contributed by atoms with Crippen LogP contribution in [0, 0.1) is 27.3 Å². The van der Waals surface area contributed by atoms with Crippen molar-refractivity contribution in [1.82, 2.24) is 20.4 Å². The van der Waals surface area contributed by atoms with E-state index in [-0.39, 0.29) is 24.0 Å². The van der Waals surface area contributed by atoms with E-state index in [0.717, 1.165) is 164 Å². The van der Waals surface area contributed by atoms with Gasteiger partial charge in [-0.2, -0.15) is 21.4 Å². The summed E-state index contributed by atoms with van der Waals surface area (Å²) in [5.74, 6) is -1.17. The van der Waals surface area contributed by atoms with E-state index in [1.807, 2.05) is 42.5 Å². The number of nitrogens with zero attached hydrogens (tertiary/aromatic N) is 8. The van der Waals surface area contributed by atoms with Gasteiger partial charge >= 0.3 is 0 Å². The summed E-state index contributed by atoms with van der Waals surface area (Å²) in [5.41, 5.74) is 4.08. The van der Waals surface area contributed by atoms with Gasteiger partial charge in [-0.3, -0.25) is 18.7 Å². The maximum Gasteiger partial charge on any atom is 0.283 e. The number of benzene rings is 2. The third-order valence-corrected chi connectivity index (χ3v) is 34.0. The molecule has 6 fully saturated rings. The number of unbranched alkanes of at least 4 members (excludes halogenated alkanes) is 3. The molecule has 6 saturated heterocycles. The van der Waals surface area contributed by atoms with Crippen LogP contribution in [0.1, 0.15) is 89.7 Å². The Kier molecular flexibility index (Phi) is 24.8. The highest BCUT2D eigenvalue weighted by atomic mass is 127. The Labute approximate surface area is 624 Å². The van der Waals surface area contributed by atoms with Gasteiger partial charge in [0.2, 0.25) is 17.5 Å². The molecule has 8 heterocycles. The highest BCUT2D eigenvalue weighted by molar-refractivity contribution is 14.1. The van der Waals surface area contributed by atoms with Crippen LogP contribution in [0.5, 0.6) is 0 Å². The molecule has 0 saturated carbocycles. The molecule has 0 radical (unpaired) electrons. The van der Waals surface area contributed by atoms with Crippen LogP contribution in [0.25, 0.3) is 0 Å². The number of anilines is 1. The van der Waals surface area contributed by atoms with Gasteiger partial charge in [0.25, 0.3) is 20.2 Å². The molecule has 502 valence electrons. The number of allylic oxidation sites excluding steroid dienone is 8.